The van der Waals surface area contributed by atoms with Crippen LogP contribution in [-0.2, 0) is 0 Å². The molecule has 3 heterocycles. The molecule has 11 heteroatoms. The van der Waals surface area contributed by atoms with Crippen molar-refractivity contribution >= 4 is 28.6 Å². The number of pyridine rings is 1. The summed E-state index contributed by atoms with van der Waals surface area (Å²) in [6.45, 7) is -0.304. The Labute approximate surface area is 179 Å². The maximum Gasteiger partial charge on any atom is 0.168 e. The number of imidazole rings is 1. The minimum atomic E-state index is -0.615. The van der Waals surface area contributed by atoms with E-state index < -0.39 is 11.9 Å². The van der Waals surface area contributed by atoms with E-state index in [-0.39, 0.29) is 24.0 Å². The number of ether oxygens (including phenoxy) is 2. The van der Waals surface area contributed by atoms with Crippen LogP contribution in [0.5, 0.6) is 11.5 Å². The lowest BCUT2D eigenvalue weighted by Gasteiger charge is -2.12. The Bertz CT molecular complexity index is 1200. The van der Waals surface area contributed by atoms with Crippen LogP contribution in [0.15, 0.2) is 36.7 Å². The molecule has 4 aromatic rings. The number of aliphatic hydroxyl groups is 1. The van der Waals surface area contributed by atoms with Crippen molar-refractivity contribution in [3.63, 3.8) is 0 Å². The van der Waals surface area contributed by atoms with Crippen molar-refractivity contribution in [2.24, 2.45) is 5.73 Å². The van der Waals surface area contributed by atoms with Crippen LogP contribution < -0.4 is 15.2 Å². The molecule has 156 valence electrons. The molecule has 1 aromatic carbocycles. The molecule has 8 nitrogen and oxygen atoms in total. The molecule has 1 atom stereocenters. The largest absolute Gasteiger partial charge is 0.495 e. The number of methoxy groups -OCH3 is 1. The standard InChI is InChI=1S/C19H17ClFN5O3S/c1-28-11-2-3-17-23-15(7-26(17)6-11)19-25-24-18(30-19)12-4-14(21)16(5-13(12)20)29-9-10(22)8-27/h2-7,10,27H,8-9,22H2,1H3/t10-/m0/s1. The first-order valence-corrected chi connectivity index (χ1v) is 10.0. The number of hydrogen-bond acceptors (Lipinski definition) is 8. The van der Waals surface area contributed by atoms with Crippen LogP contribution in [0.3, 0.4) is 0 Å². The second-order valence-electron chi connectivity index (χ2n) is 6.39. The average Bonchev–Trinajstić information content (AvgIpc) is 3.40. The molecule has 0 spiro atoms. The van der Waals surface area contributed by atoms with E-state index in [4.69, 9.17) is 31.9 Å². The average molecular weight is 450 g/mol. The molecule has 0 bridgehead atoms. The second-order valence-corrected chi connectivity index (χ2v) is 7.77. The monoisotopic (exact) mass is 449 g/mol. The third kappa shape index (κ3) is 4.08. The molecular weight excluding hydrogens is 433 g/mol. The first-order valence-electron chi connectivity index (χ1n) is 8.83. The number of fused-ring (bicyclic) bond motifs is 1. The SMILES string of the molecule is COc1ccc2nc(-c3nnc(-c4cc(F)c(OC[C@@H](N)CO)cc4Cl)s3)cn2c1. The first-order chi connectivity index (χ1) is 14.5. The fourth-order valence-corrected chi connectivity index (χ4v) is 3.81. The smallest absolute Gasteiger partial charge is 0.168 e. The van der Waals surface area contributed by atoms with Crippen molar-refractivity contribution in [3.8, 4) is 32.8 Å². The molecular formula is C19H17ClFN5O3S. The molecule has 0 amide bonds. The Kier molecular flexibility index (Phi) is 5.82. The van der Waals surface area contributed by atoms with Crippen LogP contribution in [0, 0.1) is 5.82 Å². The maximum absolute atomic E-state index is 14.5. The molecule has 3 N–H and O–H groups in total. The highest BCUT2D eigenvalue weighted by Gasteiger charge is 2.18. The minimum absolute atomic E-state index is 0.0370. The summed E-state index contributed by atoms with van der Waals surface area (Å²) in [5.41, 5.74) is 7.32. The zero-order valence-corrected chi connectivity index (χ0v) is 17.3. The number of halogens is 2. The summed E-state index contributed by atoms with van der Waals surface area (Å²) in [6.07, 6.45) is 3.62. The van der Waals surface area contributed by atoms with Gasteiger partial charge in [-0.3, -0.25) is 0 Å². The molecule has 0 aliphatic heterocycles. The topological polar surface area (TPSA) is 108 Å². The fourth-order valence-electron chi connectivity index (χ4n) is 2.68. The summed E-state index contributed by atoms with van der Waals surface area (Å²) in [5, 5.41) is 18.5. The van der Waals surface area contributed by atoms with Crippen molar-refractivity contribution in [3.05, 3.63) is 47.5 Å². The summed E-state index contributed by atoms with van der Waals surface area (Å²) < 4.78 is 26.8. The summed E-state index contributed by atoms with van der Waals surface area (Å²) in [6, 6.07) is 5.63. The van der Waals surface area contributed by atoms with E-state index >= 15 is 0 Å². The third-order valence-corrected chi connectivity index (χ3v) is 5.53. The molecule has 0 saturated carbocycles. The zero-order valence-electron chi connectivity index (χ0n) is 15.7. The predicted octanol–water partition coefficient (Wildman–Crippen LogP) is 3.02. The lowest BCUT2D eigenvalue weighted by Crippen LogP contribution is -2.31. The maximum atomic E-state index is 14.5. The van der Waals surface area contributed by atoms with Gasteiger partial charge in [0.1, 0.15) is 28.7 Å². The van der Waals surface area contributed by atoms with Gasteiger partial charge < -0.3 is 24.7 Å². The molecule has 0 unspecified atom stereocenters. The van der Waals surface area contributed by atoms with Crippen LogP contribution >= 0.6 is 22.9 Å². The van der Waals surface area contributed by atoms with Gasteiger partial charge >= 0.3 is 0 Å². The van der Waals surface area contributed by atoms with Crippen molar-refractivity contribution in [2.45, 2.75) is 6.04 Å². The molecule has 0 radical (unpaired) electrons. The molecule has 0 aliphatic rings. The van der Waals surface area contributed by atoms with E-state index in [1.54, 1.807) is 13.3 Å². The normalized spacial score (nSPS) is 12.3. The van der Waals surface area contributed by atoms with E-state index in [1.165, 1.54) is 23.5 Å². The zero-order chi connectivity index (χ0) is 21.3. The number of aromatic nitrogens is 4. The van der Waals surface area contributed by atoms with Gasteiger partial charge in [0.2, 0.25) is 0 Å². The molecule has 0 aliphatic carbocycles. The number of hydrogen-bond donors (Lipinski definition) is 2. The second kappa shape index (κ2) is 8.52. The van der Waals surface area contributed by atoms with Crippen molar-refractivity contribution < 1.29 is 19.0 Å². The highest BCUT2D eigenvalue weighted by molar-refractivity contribution is 7.18. The van der Waals surface area contributed by atoms with Gasteiger partial charge in [-0.1, -0.05) is 22.9 Å². The number of rotatable bonds is 7. The van der Waals surface area contributed by atoms with E-state index in [9.17, 15) is 4.39 Å². The van der Waals surface area contributed by atoms with Gasteiger partial charge in [-0.05, 0) is 18.2 Å². The quantitative estimate of drug-likeness (QED) is 0.446. The Morgan fingerprint density at radius 1 is 1.27 bits per heavy atom. The third-order valence-electron chi connectivity index (χ3n) is 4.24. The summed E-state index contributed by atoms with van der Waals surface area (Å²) in [7, 11) is 1.59. The van der Waals surface area contributed by atoms with Gasteiger partial charge in [-0.15, -0.1) is 10.2 Å². The molecule has 0 fully saturated rings. The van der Waals surface area contributed by atoms with Crippen molar-refractivity contribution in [2.75, 3.05) is 20.3 Å². The predicted molar refractivity (Wildman–Crippen MR) is 112 cm³/mol. The minimum Gasteiger partial charge on any atom is -0.495 e. The highest BCUT2D eigenvalue weighted by Crippen LogP contribution is 2.37. The van der Waals surface area contributed by atoms with E-state index in [0.717, 1.165) is 5.65 Å². The van der Waals surface area contributed by atoms with Crippen LogP contribution in [0.2, 0.25) is 5.02 Å². The molecule has 30 heavy (non-hydrogen) atoms. The van der Waals surface area contributed by atoms with Crippen molar-refractivity contribution in [1.82, 2.24) is 19.6 Å². The lowest BCUT2D eigenvalue weighted by atomic mass is 10.2. The van der Waals surface area contributed by atoms with Crippen LogP contribution in [-0.4, -0.2) is 51.1 Å². The number of aliphatic hydroxyl groups excluding tert-OH is 1. The molecule has 0 saturated heterocycles. The van der Waals surface area contributed by atoms with E-state index in [0.29, 0.717) is 27.0 Å². The molecule has 4 rings (SSSR count). The van der Waals surface area contributed by atoms with Gasteiger partial charge in [0, 0.05) is 17.8 Å². The Hall–Kier alpha value is -2.79. The van der Waals surface area contributed by atoms with Crippen LogP contribution in [0.4, 0.5) is 4.39 Å². The summed E-state index contributed by atoms with van der Waals surface area (Å²) in [5.74, 6) is 0.0386. The highest BCUT2D eigenvalue weighted by atomic mass is 35.5. The number of nitrogens with two attached hydrogens (primary N) is 1. The summed E-state index contributed by atoms with van der Waals surface area (Å²) in [4.78, 5) is 4.52. The van der Waals surface area contributed by atoms with E-state index in [1.807, 2.05) is 22.7 Å². The Morgan fingerprint density at radius 3 is 2.83 bits per heavy atom. The number of benzene rings is 1. The van der Waals surface area contributed by atoms with Crippen LogP contribution in [0.25, 0.3) is 26.9 Å². The van der Waals surface area contributed by atoms with E-state index in [2.05, 4.69) is 15.2 Å². The Morgan fingerprint density at radius 2 is 2.07 bits per heavy atom. The number of nitrogens with zero attached hydrogens (tertiary/aromatic N) is 4. The van der Waals surface area contributed by atoms with Gasteiger partial charge in [-0.25, -0.2) is 9.37 Å². The van der Waals surface area contributed by atoms with Crippen molar-refractivity contribution in [1.29, 1.82) is 0 Å². The lowest BCUT2D eigenvalue weighted by molar-refractivity contribution is 0.202. The fraction of sp³-hybridized carbons (Fsp3) is 0.211. The van der Waals surface area contributed by atoms with Gasteiger partial charge in [0.25, 0.3) is 0 Å². The first kappa shape index (κ1) is 20.5. The van der Waals surface area contributed by atoms with Gasteiger partial charge in [0.15, 0.2) is 16.6 Å². The van der Waals surface area contributed by atoms with Gasteiger partial charge in [-0.2, -0.15) is 0 Å². The summed E-state index contributed by atoms with van der Waals surface area (Å²) >= 11 is 7.56. The molecule has 3 aromatic heterocycles. The Balaban J connectivity index is 1.61. The van der Waals surface area contributed by atoms with Gasteiger partial charge in [0.05, 0.1) is 31.0 Å². The van der Waals surface area contributed by atoms with Crippen LogP contribution in [0.1, 0.15) is 0 Å².